The fourth-order valence-corrected chi connectivity index (χ4v) is 2.95. The van der Waals surface area contributed by atoms with Crippen molar-refractivity contribution in [1.29, 1.82) is 0 Å². The van der Waals surface area contributed by atoms with Gasteiger partial charge in [0.15, 0.2) is 5.16 Å². The summed E-state index contributed by atoms with van der Waals surface area (Å²) in [7, 11) is 1.87. The highest BCUT2D eigenvalue weighted by Gasteiger charge is 2.19. The van der Waals surface area contributed by atoms with E-state index in [-0.39, 0.29) is 11.2 Å². The van der Waals surface area contributed by atoms with Crippen LogP contribution in [0.1, 0.15) is 37.8 Å². The lowest BCUT2D eigenvalue weighted by molar-refractivity contribution is -0.115. The van der Waals surface area contributed by atoms with Crippen molar-refractivity contribution in [2.75, 3.05) is 5.32 Å². The van der Waals surface area contributed by atoms with Gasteiger partial charge in [0.25, 0.3) is 0 Å². The first-order valence-corrected chi connectivity index (χ1v) is 8.19. The van der Waals surface area contributed by atoms with Crippen molar-refractivity contribution in [2.45, 2.75) is 44.0 Å². The van der Waals surface area contributed by atoms with Crippen LogP contribution >= 0.6 is 11.8 Å². The van der Waals surface area contributed by atoms with E-state index in [9.17, 15) is 4.79 Å². The number of aryl methyl sites for hydroxylation is 2. The lowest BCUT2D eigenvalue weighted by atomic mass is 9.98. The molecular weight excluding hydrogens is 296 g/mol. The normalized spacial score (nSPS) is 12.5. The van der Waals surface area contributed by atoms with Crippen LogP contribution in [-0.4, -0.2) is 25.9 Å². The molecule has 0 aliphatic rings. The van der Waals surface area contributed by atoms with Gasteiger partial charge < -0.3 is 9.88 Å². The van der Waals surface area contributed by atoms with E-state index >= 15 is 0 Å². The third-order valence-electron chi connectivity index (χ3n) is 3.50. The molecule has 0 saturated heterocycles. The Hall–Kier alpha value is -1.82. The number of aromatic nitrogens is 3. The number of amides is 1. The lowest BCUT2D eigenvalue weighted by Gasteiger charge is -2.18. The van der Waals surface area contributed by atoms with E-state index < -0.39 is 0 Å². The van der Waals surface area contributed by atoms with Crippen molar-refractivity contribution < 1.29 is 4.79 Å². The molecule has 0 aliphatic carbocycles. The van der Waals surface area contributed by atoms with Gasteiger partial charge in [-0.2, -0.15) is 0 Å². The molecule has 1 amide bonds. The molecule has 0 bridgehead atoms. The van der Waals surface area contributed by atoms with Crippen LogP contribution in [0.3, 0.4) is 0 Å². The Morgan fingerprint density at radius 3 is 2.64 bits per heavy atom. The van der Waals surface area contributed by atoms with Gasteiger partial charge in [-0.05, 0) is 30.9 Å². The SMILES string of the molecule is Cc1cccc(C(C)C)c1NC(=O)[C@@H](C)Sc1nncn1C. The predicted octanol–water partition coefficient (Wildman–Crippen LogP) is 3.37. The number of anilines is 1. The van der Waals surface area contributed by atoms with Crippen LogP contribution in [0.25, 0.3) is 0 Å². The Kier molecular flexibility index (Phi) is 5.24. The van der Waals surface area contributed by atoms with Crippen LogP contribution in [-0.2, 0) is 11.8 Å². The first kappa shape index (κ1) is 16.5. The maximum atomic E-state index is 12.5. The van der Waals surface area contributed by atoms with Crippen LogP contribution in [0.15, 0.2) is 29.7 Å². The van der Waals surface area contributed by atoms with Gasteiger partial charge >= 0.3 is 0 Å². The first-order valence-electron chi connectivity index (χ1n) is 7.31. The summed E-state index contributed by atoms with van der Waals surface area (Å²) in [6.45, 7) is 8.15. The molecule has 0 aliphatic heterocycles. The van der Waals surface area contributed by atoms with Crippen LogP contribution in [0.2, 0.25) is 0 Å². The summed E-state index contributed by atoms with van der Waals surface area (Å²) in [5.41, 5.74) is 3.16. The largest absolute Gasteiger partial charge is 0.325 e. The highest BCUT2D eigenvalue weighted by molar-refractivity contribution is 8.00. The summed E-state index contributed by atoms with van der Waals surface area (Å²) in [6.07, 6.45) is 1.63. The molecule has 6 heteroatoms. The average Bonchev–Trinajstić information content (AvgIpc) is 2.86. The second-order valence-corrected chi connectivity index (χ2v) is 6.98. The number of nitrogens with one attached hydrogen (secondary N) is 1. The minimum Gasteiger partial charge on any atom is -0.325 e. The number of para-hydroxylation sites is 1. The fraction of sp³-hybridized carbons (Fsp3) is 0.438. The maximum absolute atomic E-state index is 12.5. The smallest absolute Gasteiger partial charge is 0.237 e. The Bertz CT molecular complexity index is 666. The number of nitrogens with zero attached hydrogens (tertiary/aromatic N) is 3. The Morgan fingerprint density at radius 2 is 2.05 bits per heavy atom. The maximum Gasteiger partial charge on any atom is 0.237 e. The van der Waals surface area contributed by atoms with Gasteiger partial charge in [-0.3, -0.25) is 4.79 Å². The molecule has 2 rings (SSSR count). The number of thioether (sulfide) groups is 1. The zero-order chi connectivity index (χ0) is 16.3. The van der Waals surface area contributed by atoms with Crippen LogP contribution in [0.4, 0.5) is 5.69 Å². The van der Waals surface area contributed by atoms with E-state index in [1.165, 1.54) is 11.8 Å². The molecule has 22 heavy (non-hydrogen) atoms. The molecule has 0 spiro atoms. The van der Waals surface area contributed by atoms with E-state index in [0.29, 0.717) is 5.92 Å². The van der Waals surface area contributed by atoms with Gasteiger partial charge in [-0.1, -0.05) is 43.8 Å². The van der Waals surface area contributed by atoms with Crippen LogP contribution < -0.4 is 5.32 Å². The number of carbonyl (C=O) groups is 1. The minimum absolute atomic E-state index is 0.0239. The molecular formula is C16H22N4OS. The van der Waals surface area contributed by atoms with Gasteiger partial charge in [0.2, 0.25) is 5.91 Å². The van der Waals surface area contributed by atoms with Crippen LogP contribution in [0.5, 0.6) is 0 Å². The number of hydrogen-bond acceptors (Lipinski definition) is 4. The highest BCUT2D eigenvalue weighted by atomic mass is 32.2. The second-order valence-electron chi connectivity index (χ2n) is 5.67. The third-order valence-corrected chi connectivity index (χ3v) is 4.64. The zero-order valence-corrected chi connectivity index (χ0v) is 14.4. The van der Waals surface area contributed by atoms with Gasteiger partial charge in [-0.25, -0.2) is 0 Å². The Labute approximate surface area is 135 Å². The molecule has 1 aromatic carbocycles. The molecule has 1 atom stereocenters. The van der Waals surface area contributed by atoms with Gasteiger partial charge in [-0.15, -0.1) is 10.2 Å². The fourth-order valence-electron chi connectivity index (χ4n) is 2.16. The highest BCUT2D eigenvalue weighted by Crippen LogP contribution is 2.29. The van der Waals surface area contributed by atoms with E-state index in [1.54, 1.807) is 6.33 Å². The molecule has 1 heterocycles. The van der Waals surface area contributed by atoms with Crippen LogP contribution in [0, 0.1) is 6.92 Å². The molecule has 5 nitrogen and oxygen atoms in total. The van der Waals surface area contributed by atoms with Crippen molar-refractivity contribution in [3.05, 3.63) is 35.7 Å². The summed E-state index contributed by atoms with van der Waals surface area (Å²) < 4.78 is 1.81. The Morgan fingerprint density at radius 1 is 1.32 bits per heavy atom. The monoisotopic (exact) mass is 318 g/mol. The molecule has 0 saturated carbocycles. The summed E-state index contributed by atoms with van der Waals surface area (Å²) in [4.78, 5) is 12.5. The van der Waals surface area contributed by atoms with Crippen molar-refractivity contribution >= 4 is 23.4 Å². The summed E-state index contributed by atoms with van der Waals surface area (Å²) in [6, 6.07) is 6.10. The Balaban J connectivity index is 2.13. The van der Waals surface area contributed by atoms with Crippen molar-refractivity contribution in [3.63, 3.8) is 0 Å². The molecule has 118 valence electrons. The topological polar surface area (TPSA) is 59.8 Å². The van der Waals surface area contributed by atoms with Gasteiger partial charge in [0.05, 0.1) is 5.25 Å². The van der Waals surface area contributed by atoms with Gasteiger partial charge in [0.1, 0.15) is 6.33 Å². The quantitative estimate of drug-likeness (QED) is 0.859. The average molecular weight is 318 g/mol. The molecule has 2 aromatic rings. The lowest BCUT2D eigenvalue weighted by Crippen LogP contribution is -2.24. The van der Waals surface area contributed by atoms with Crippen molar-refractivity contribution in [1.82, 2.24) is 14.8 Å². The minimum atomic E-state index is -0.248. The van der Waals surface area contributed by atoms with E-state index in [0.717, 1.165) is 22.0 Å². The predicted molar refractivity (Wildman–Crippen MR) is 90.2 cm³/mol. The number of hydrogen-bond donors (Lipinski definition) is 1. The number of carbonyl (C=O) groups excluding carboxylic acids is 1. The standard InChI is InChI=1S/C16H22N4OS/c1-10(2)13-8-6-7-11(3)14(13)18-15(21)12(4)22-16-19-17-9-20(16)5/h6-10,12H,1-5H3,(H,18,21)/t12-/m1/s1. The summed E-state index contributed by atoms with van der Waals surface area (Å²) >= 11 is 1.40. The first-order chi connectivity index (χ1) is 10.4. The van der Waals surface area contributed by atoms with Crippen molar-refractivity contribution in [3.8, 4) is 0 Å². The summed E-state index contributed by atoms with van der Waals surface area (Å²) in [5, 5.41) is 11.4. The molecule has 1 N–H and O–H groups in total. The summed E-state index contributed by atoms with van der Waals surface area (Å²) in [5.74, 6) is 0.334. The third kappa shape index (κ3) is 3.68. The van der Waals surface area contributed by atoms with E-state index in [4.69, 9.17) is 0 Å². The second kappa shape index (κ2) is 6.96. The van der Waals surface area contributed by atoms with Gasteiger partial charge in [0, 0.05) is 12.7 Å². The van der Waals surface area contributed by atoms with Crippen molar-refractivity contribution in [2.24, 2.45) is 7.05 Å². The molecule has 0 fully saturated rings. The molecule has 0 radical (unpaired) electrons. The van der Waals surface area contributed by atoms with E-state index in [1.807, 2.05) is 37.6 Å². The molecule has 1 aromatic heterocycles. The molecule has 0 unspecified atom stereocenters. The number of rotatable bonds is 5. The van der Waals surface area contributed by atoms with E-state index in [2.05, 4.69) is 35.4 Å². The number of benzene rings is 1. The zero-order valence-electron chi connectivity index (χ0n) is 13.6.